The minimum absolute atomic E-state index is 0.307. The molecule has 0 saturated heterocycles. The number of hydrogen-bond acceptors (Lipinski definition) is 5. The van der Waals surface area contributed by atoms with Gasteiger partial charge in [-0.25, -0.2) is 15.0 Å². The first-order valence-corrected chi connectivity index (χ1v) is 6.59. The maximum atomic E-state index is 13.0. The quantitative estimate of drug-likeness (QED) is 0.794. The Labute approximate surface area is 133 Å². The molecule has 0 radical (unpaired) electrons. The van der Waals surface area contributed by atoms with E-state index in [0.717, 1.165) is 0 Å². The molecule has 0 bridgehead atoms. The number of carbonyl (C=O) groups is 1. The molecule has 24 heavy (non-hydrogen) atoms. The SMILES string of the molecule is O=C(Nc1cccnc1)c1cc(C(F)(F)F)nc(-n2ccnc2)n1. The van der Waals surface area contributed by atoms with Gasteiger partial charge in [0.2, 0.25) is 5.95 Å². The van der Waals surface area contributed by atoms with Crippen LogP contribution in [0.5, 0.6) is 0 Å². The van der Waals surface area contributed by atoms with E-state index in [1.165, 1.54) is 35.7 Å². The highest BCUT2D eigenvalue weighted by Crippen LogP contribution is 2.28. The van der Waals surface area contributed by atoms with Crippen molar-refractivity contribution >= 4 is 11.6 Å². The van der Waals surface area contributed by atoms with Gasteiger partial charge in [-0.1, -0.05) is 0 Å². The zero-order valence-electron chi connectivity index (χ0n) is 11.9. The number of rotatable bonds is 3. The maximum absolute atomic E-state index is 13.0. The lowest BCUT2D eigenvalue weighted by atomic mass is 10.3. The topological polar surface area (TPSA) is 85.6 Å². The molecule has 0 spiro atoms. The third kappa shape index (κ3) is 3.37. The minimum atomic E-state index is -4.72. The predicted octanol–water partition coefficient (Wildman–Crippen LogP) is 2.33. The highest BCUT2D eigenvalue weighted by atomic mass is 19.4. The lowest BCUT2D eigenvalue weighted by Crippen LogP contribution is -2.19. The molecule has 7 nitrogen and oxygen atoms in total. The molecular formula is C14H9F3N6O. The molecule has 0 fully saturated rings. The van der Waals surface area contributed by atoms with E-state index in [2.05, 4.69) is 25.3 Å². The number of halogens is 3. The minimum Gasteiger partial charge on any atom is -0.319 e. The summed E-state index contributed by atoms with van der Waals surface area (Å²) in [4.78, 5) is 27.0. The summed E-state index contributed by atoms with van der Waals surface area (Å²) in [6.07, 6.45) is 2.11. The number of aromatic nitrogens is 5. The average Bonchev–Trinajstić information content (AvgIpc) is 3.09. The number of hydrogen-bond donors (Lipinski definition) is 1. The van der Waals surface area contributed by atoms with Gasteiger partial charge in [-0.2, -0.15) is 13.2 Å². The molecule has 0 aliphatic heterocycles. The predicted molar refractivity (Wildman–Crippen MR) is 76.3 cm³/mol. The number of imidazole rings is 1. The fourth-order valence-electron chi connectivity index (χ4n) is 1.82. The summed E-state index contributed by atoms with van der Waals surface area (Å²) in [6.45, 7) is 0. The highest BCUT2D eigenvalue weighted by Gasteiger charge is 2.34. The molecule has 0 aliphatic carbocycles. The Balaban J connectivity index is 2.00. The zero-order chi connectivity index (χ0) is 17.2. The molecule has 1 amide bonds. The summed E-state index contributed by atoms with van der Waals surface area (Å²) in [7, 11) is 0. The summed E-state index contributed by atoms with van der Waals surface area (Å²) in [5.74, 6) is -1.11. The normalized spacial score (nSPS) is 11.3. The van der Waals surface area contributed by atoms with Gasteiger partial charge in [0, 0.05) is 24.7 Å². The molecule has 0 saturated carbocycles. The van der Waals surface area contributed by atoms with Crippen LogP contribution in [0.15, 0.2) is 49.3 Å². The fraction of sp³-hybridized carbons (Fsp3) is 0.0714. The van der Waals surface area contributed by atoms with E-state index in [1.54, 1.807) is 12.1 Å². The largest absolute Gasteiger partial charge is 0.433 e. The van der Waals surface area contributed by atoms with Gasteiger partial charge in [0.1, 0.15) is 12.0 Å². The first-order valence-electron chi connectivity index (χ1n) is 6.59. The average molecular weight is 334 g/mol. The molecule has 10 heteroatoms. The summed E-state index contributed by atoms with van der Waals surface area (Å²) in [5, 5.41) is 2.43. The lowest BCUT2D eigenvalue weighted by molar-refractivity contribution is -0.141. The van der Waals surface area contributed by atoms with Gasteiger partial charge in [-0.3, -0.25) is 14.3 Å². The second kappa shape index (κ2) is 6.07. The van der Waals surface area contributed by atoms with Crippen molar-refractivity contribution in [1.29, 1.82) is 0 Å². The molecule has 0 aliphatic rings. The van der Waals surface area contributed by atoms with Crippen LogP contribution in [0.25, 0.3) is 5.95 Å². The first kappa shape index (κ1) is 15.6. The Morgan fingerprint density at radius 3 is 2.62 bits per heavy atom. The third-order valence-electron chi connectivity index (χ3n) is 2.89. The molecule has 0 unspecified atom stereocenters. The second-order valence-electron chi connectivity index (χ2n) is 4.60. The molecule has 3 heterocycles. The van der Waals surface area contributed by atoms with Crippen molar-refractivity contribution in [3.05, 3.63) is 60.7 Å². The molecule has 3 rings (SSSR count). The highest BCUT2D eigenvalue weighted by molar-refractivity contribution is 6.02. The summed E-state index contributed by atoms with van der Waals surface area (Å²) in [6, 6.07) is 3.72. The van der Waals surface area contributed by atoms with Crippen LogP contribution in [0.4, 0.5) is 18.9 Å². The van der Waals surface area contributed by atoms with Crippen LogP contribution >= 0.6 is 0 Å². The maximum Gasteiger partial charge on any atom is 0.433 e. The number of nitrogens with zero attached hydrogens (tertiary/aromatic N) is 5. The Morgan fingerprint density at radius 2 is 2.00 bits per heavy atom. The van der Waals surface area contributed by atoms with Gasteiger partial charge in [-0.15, -0.1) is 0 Å². The van der Waals surface area contributed by atoms with E-state index >= 15 is 0 Å². The fourth-order valence-corrected chi connectivity index (χ4v) is 1.82. The van der Waals surface area contributed by atoms with E-state index < -0.39 is 23.5 Å². The van der Waals surface area contributed by atoms with Crippen LogP contribution < -0.4 is 5.32 Å². The van der Waals surface area contributed by atoms with Crippen LogP contribution in [0.1, 0.15) is 16.2 Å². The number of amides is 1. The van der Waals surface area contributed by atoms with Gasteiger partial charge < -0.3 is 5.32 Å². The van der Waals surface area contributed by atoms with Gasteiger partial charge in [0.05, 0.1) is 11.9 Å². The van der Waals surface area contributed by atoms with Crippen molar-refractivity contribution in [2.45, 2.75) is 6.18 Å². The summed E-state index contributed by atoms with van der Waals surface area (Å²) < 4.78 is 40.2. The standard InChI is InChI=1S/C14H9F3N6O/c15-14(16,17)11-6-10(12(24)20-9-2-1-3-18-7-9)21-13(22-11)23-5-4-19-8-23/h1-8H,(H,20,24). The smallest absolute Gasteiger partial charge is 0.319 e. The molecule has 3 aromatic rings. The molecule has 1 N–H and O–H groups in total. The van der Waals surface area contributed by atoms with E-state index in [9.17, 15) is 18.0 Å². The van der Waals surface area contributed by atoms with Crippen LogP contribution in [-0.4, -0.2) is 30.4 Å². The molecular weight excluding hydrogens is 325 g/mol. The summed E-state index contributed by atoms with van der Waals surface area (Å²) in [5.41, 5.74) is -1.32. The van der Waals surface area contributed by atoms with Crippen molar-refractivity contribution in [2.24, 2.45) is 0 Å². The number of nitrogens with one attached hydrogen (secondary N) is 1. The van der Waals surface area contributed by atoms with Crippen molar-refractivity contribution < 1.29 is 18.0 Å². The number of carbonyl (C=O) groups excluding carboxylic acids is 1. The van der Waals surface area contributed by atoms with E-state index in [1.807, 2.05) is 0 Å². The Kier molecular flexibility index (Phi) is 3.94. The Bertz CT molecular complexity index is 849. The molecule has 122 valence electrons. The Hall–Kier alpha value is -3.30. The Morgan fingerprint density at radius 1 is 1.17 bits per heavy atom. The second-order valence-corrected chi connectivity index (χ2v) is 4.60. The van der Waals surface area contributed by atoms with Crippen molar-refractivity contribution in [1.82, 2.24) is 24.5 Å². The van der Waals surface area contributed by atoms with Crippen molar-refractivity contribution in [3.8, 4) is 5.95 Å². The van der Waals surface area contributed by atoms with Gasteiger partial charge >= 0.3 is 6.18 Å². The number of alkyl halides is 3. The van der Waals surface area contributed by atoms with E-state index in [-0.39, 0.29) is 5.95 Å². The zero-order valence-corrected chi connectivity index (χ0v) is 11.9. The molecule has 0 atom stereocenters. The van der Waals surface area contributed by atoms with Crippen LogP contribution in [0, 0.1) is 0 Å². The van der Waals surface area contributed by atoms with Gasteiger partial charge in [0.15, 0.2) is 5.69 Å². The monoisotopic (exact) mass is 334 g/mol. The van der Waals surface area contributed by atoms with Crippen LogP contribution in [-0.2, 0) is 6.18 Å². The van der Waals surface area contributed by atoms with Gasteiger partial charge in [-0.05, 0) is 12.1 Å². The van der Waals surface area contributed by atoms with Gasteiger partial charge in [0.25, 0.3) is 5.91 Å². The third-order valence-corrected chi connectivity index (χ3v) is 2.89. The van der Waals surface area contributed by atoms with Crippen LogP contribution in [0.3, 0.4) is 0 Å². The number of pyridine rings is 1. The lowest BCUT2D eigenvalue weighted by Gasteiger charge is -2.10. The van der Waals surface area contributed by atoms with Crippen LogP contribution in [0.2, 0.25) is 0 Å². The van der Waals surface area contributed by atoms with E-state index in [0.29, 0.717) is 11.8 Å². The number of anilines is 1. The first-order chi connectivity index (χ1) is 11.4. The van der Waals surface area contributed by atoms with Crippen molar-refractivity contribution in [3.63, 3.8) is 0 Å². The summed E-state index contributed by atoms with van der Waals surface area (Å²) >= 11 is 0. The van der Waals surface area contributed by atoms with Crippen molar-refractivity contribution in [2.75, 3.05) is 5.32 Å². The molecule has 3 aromatic heterocycles. The molecule has 0 aromatic carbocycles. The van der Waals surface area contributed by atoms with E-state index in [4.69, 9.17) is 0 Å².